The molecule has 0 saturated heterocycles. The minimum absolute atomic E-state index is 0.577. The average molecular weight is 343 g/mol. The fraction of sp³-hybridized carbons (Fsp3) is 0.0500. The molecule has 4 aromatic rings. The number of hydrogen-bond acceptors (Lipinski definition) is 4. The van der Waals surface area contributed by atoms with Crippen molar-refractivity contribution in [2.24, 2.45) is 0 Å². The van der Waals surface area contributed by atoms with Crippen LogP contribution in [0.4, 0.5) is 0 Å². The summed E-state index contributed by atoms with van der Waals surface area (Å²) in [5, 5.41) is 21.1. The third kappa shape index (κ3) is 2.24. The fourth-order valence-electron chi connectivity index (χ4n) is 3.70. The van der Waals surface area contributed by atoms with Crippen LogP contribution in [0.5, 0.6) is 0 Å². The number of nitrogens with zero attached hydrogens (tertiary/aromatic N) is 1. The molecule has 5 heteroatoms. The molecule has 0 saturated carbocycles. The number of fused-ring (bicyclic) bond motifs is 4. The maximum atomic E-state index is 10.1. The Morgan fingerprint density at radius 2 is 1.60 bits per heavy atom. The predicted octanol–water partition coefficient (Wildman–Crippen LogP) is 3.21. The molecule has 1 aliphatic rings. The first-order chi connectivity index (χ1) is 12.2. The van der Waals surface area contributed by atoms with Crippen molar-refractivity contribution in [1.82, 2.24) is 4.98 Å². The molecule has 25 heavy (non-hydrogen) atoms. The van der Waals surface area contributed by atoms with Crippen LogP contribution >= 0.6 is 11.3 Å². The molecular formula is C20H14BNO2S. The molecule has 3 aromatic carbocycles. The lowest BCUT2D eigenvalue weighted by Crippen LogP contribution is -2.34. The highest BCUT2D eigenvalue weighted by molar-refractivity contribution is 7.21. The Balaban J connectivity index is 1.75. The predicted molar refractivity (Wildman–Crippen MR) is 103 cm³/mol. The Morgan fingerprint density at radius 1 is 0.840 bits per heavy atom. The zero-order valence-corrected chi connectivity index (χ0v) is 14.1. The lowest BCUT2D eigenvalue weighted by molar-refractivity contribution is 0.425. The molecular weight excluding hydrogens is 329 g/mol. The van der Waals surface area contributed by atoms with Gasteiger partial charge in [0, 0.05) is 5.56 Å². The second-order valence-corrected chi connectivity index (χ2v) is 7.28. The van der Waals surface area contributed by atoms with Gasteiger partial charge in [0.2, 0.25) is 0 Å². The van der Waals surface area contributed by atoms with E-state index in [1.807, 2.05) is 42.5 Å². The van der Waals surface area contributed by atoms with Crippen molar-refractivity contribution < 1.29 is 10.0 Å². The van der Waals surface area contributed by atoms with Gasteiger partial charge in [-0.15, -0.1) is 11.3 Å². The zero-order valence-electron chi connectivity index (χ0n) is 13.3. The monoisotopic (exact) mass is 343 g/mol. The average Bonchev–Trinajstić information content (AvgIpc) is 3.21. The Morgan fingerprint density at radius 3 is 2.44 bits per heavy atom. The van der Waals surface area contributed by atoms with Crippen molar-refractivity contribution in [3.05, 3.63) is 71.8 Å². The van der Waals surface area contributed by atoms with E-state index < -0.39 is 7.12 Å². The number of rotatable bonds is 2. The third-order valence-electron chi connectivity index (χ3n) is 4.81. The van der Waals surface area contributed by atoms with Gasteiger partial charge in [-0.05, 0) is 46.3 Å². The molecule has 0 unspecified atom stereocenters. The van der Waals surface area contributed by atoms with Gasteiger partial charge < -0.3 is 10.0 Å². The van der Waals surface area contributed by atoms with E-state index in [4.69, 9.17) is 4.98 Å². The van der Waals surface area contributed by atoms with Crippen LogP contribution in [0, 0.1) is 0 Å². The molecule has 5 rings (SSSR count). The van der Waals surface area contributed by atoms with Crippen LogP contribution < -0.4 is 5.46 Å². The molecule has 0 amide bonds. The van der Waals surface area contributed by atoms with E-state index in [1.165, 1.54) is 11.1 Å². The van der Waals surface area contributed by atoms with E-state index in [0.29, 0.717) is 5.46 Å². The van der Waals surface area contributed by atoms with Crippen LogP contribution in [-0.4, -0.2) is 22.2 Å². The standard InChI is InChI=1S/C20H14BNO2S/c23-21(24)19-15(20-22-17-7-3-4-8-18(17)25-20)10-9-14-13-6-2-1-5-12(13)11-16(14)19/h1-10,23-24H,11H2. The van der Waals surface area contributed by atoms with Crippen LogP contribution in [0.15, 0.2) is 60.7 Å². The highest BCUT2D eigenvalue weighted by Crippen LogP contribution is 2.38. The van der Waals surface area contributed by atoms with E-state index in [0.717, 1.165) is 38.3 Å². The van der Waals surface area contributed by atoms with Gasteiger partial charge in [-0.1, -0.05) is 48.5 Å². The van der Waals surface area contributed by atoms with Crippen molar-refractivity contribution in [3.63, 3.8) is 0 Å². The number of thiazole rings is 1. The van der Waals surface area contributed by atoms with Crippen molar-refractivity contribution in [3.8, 4) is 21.7 Å². The van der Waals surface area contributed by atoms with Gasteiger partial charge in [0.05, 0.1) is 10.2 Å². The van der Waals surface area contributed by atoms with Gasteiger partial charge in [-0.2, -0.15) is 0 Å². The molecule has 0 radical (unpaired) electrons. The second-order valence-electron chi connectivity index (χ2n) is 6.25. The summed E-state index contributed by atoms with van der Waals surface area (Å²) in [6.07, 6.45) is 0.719. The summed E-state index contributed by atoms with van der Waals surface area (Å²) in [5.41, 5.74) is 6.80. The molecule has 1 heterocycles. The van der Waals surface area contributed by atoms with Crippen LogP contribution in [0.1, 0.15) is 11.1 Å². The van der Waals surface area contributed by atoms with Crippen molar-refractivity contribution in [2.75, 3.05) is 0 Å². The lowest BCUT2D eigenvalue weighted by Gasteiger charge is -2.12. The molecule has 0 atom stereocenters. The smallest absolute Gasteiger partial charge is 0.423 e. The van der Waals surface area contributed by atoms with Crippen LogP contribution in [0.3, 0.4) is 0 Å². The maximum Gasteiger partial charge on any atom is 0.489 e. The topological polar surface area (TPSA) is 53.4 Å². The molecule has 3 nitrogen and oxygen atoms in total. The Kier molecular flexibility index (Phi) is 3.28. The van der Waals surface area contributed by atoms with Crippen molar-refractivity contribution >= 4 is 34.1 Å². The number of aromatic nitrogens is 1. The second kappa shape index (κ2) is 5.53. The van der Waals surface area contributed by atoms with Gasteiger partial charge >= 0.3 is 7.12 Å². The minimum atomic E-state index is -1.52. The minimum Gasteiger partial charge on any atom is -0.423 e. The van der Waals surface area contributed by atoms with Gasteiger partial charge in [0.25, 0.3) is 0 Å². The largest absolute Gasteiger partial charge is 0.489 e. The fourth-order valence-corrected chi connectivity index (χ4v) is 4.71. The molecule has 120 valence electrons. The van der Waals surface area contributed by atoms with Crippen LogP contribution in [-0.2, 0) is 6.42 Å². The first-order valence-corrected chi connectivity index (χ1v) is 9.00. The Labute approximate surface area is 149 Å². The third-order valence-corrected chi connectivity index (χ3v) is 5.88. The van der Waals surface area contributed by atoms with Gasteiger partial charge in [0.1, 0.15) is 5.01 Å². The quantitative estimate of drug-likeness (QED) is 0.484. The summed E-state index contributed by atoms with van der Waals surface area (Å²) >= 11 is 1.58. The van der Waals surface area contributed by atoms with Crippen LogP contribution in [0.25, 0.3) is 31.9 Å². The molecule has 0 bridgehead atoms. The summed E-state index contributed by atoms with van der Waals surface area (Å²) < 4.78 is 1.10. The molecule has 0 fully saturated rings. The summed E-state index contributed by atoms with van der Waals surface area (Å²) in [4.78, 5) is 4.70. The number of hydrogen-bond donors (Lipinski definition) is 2. The molecule has 1 aromatic heterocycles. The van der Waals surface area contributed by atoms with E-state index in [1.54, 1.807) is 11.3 Å². The van der Waals surface area contributed by atoms with Crippen LogP contribution in [0.2, 0.25) is 0 Å². The summed E-state index contributed by atoms with van der Waals surface area (Å²) in [6, 6.07) is 20.2. The summed E-state index contributed by atoms with van der Waals surface area (Å²) in [6.45, 7) is 0. The SMILES string of the molecule is OB(O)c1c(-c2nc3ccccc3s2)ccc2c1Cc1ccccc1-2. The summed E-state index contributed by atoms with van der Waals surface area (Å²) in [7, 11) is -1.52. The number of benzene rings is 3. The summed E-state index contributed by atoms with van der Waals surface area (Å²) in [5.74, 6) is 0. The highest BCUT2D eigenvalue weighted by Gasteiger charge is 2.29. The van der Waals surface area contributed by atoms with Gasteiger partial charge in [-0.25, -0.2) is 4.98 Å². The van der Waals surface area contributed by atoms with Crippen molar-refractivity contribution in [2.45, 2.75) is 6.42 Å². The van der Waals surface area contributed by atoms with Gasteiger partial charge in [-0.3, -0.25) is 0 Å². The first-order valence-electron chi connectivity index (χ1n) is 8.18. The highest BCUT2D eigenvalue weighted by atomic mass is 32.1. The van der Waals surface area contributed by atoms with E-state index >= 15 is 0 Å². The first kappa shape index (κ1) is 14.8. The lowest BCUT2D eigenvalue weighted by atomic mass is 9.72. The van der Waals surface area contributed by atoms with Crippen molar-refractivity contribution in [1.29, 1.82) is 0 Å². The van der Waals surface area contributed by atoms with E-state index in [9.17, 15) is 10.0 Å². The normalized spacial score (nSPS) is 12.2. The Bertz CT molecular complexity index is 1090. The maximum absolute atomic E-state index is 10.1. The molecule has 1 aliphatic carbocycles. The zero-order chi connectivity index (χ0) is 17.0. The van der Waals surface area contributed by atoms with E-state index in [2.05, 4.69) is 18.2 Å². The molecule has 0 aliphatic heterocycles. The molecule has 0 spiro atoms. The number of para-hydroxylation sites is 1. The van der Waals surface area contributed by atoms with E-state index in [-0.39, 0.29) is 0 Å². The Hall–Kier alpha value is -2.47. The van der Waals surface area contributed by atoms with Gasteiger partial charge in [0.15, 0.2) is 0 Å². The molecule has 2 N–H and O–H groups in total.